The highest BCUT2D eigenvalue weighted by Gasteiger charge is 2.13. The molecule has 0 atom stereocenters. The van der Waals surface area contributed by atoms with Gasteiger partial charge in [-0.1, -0.05) is 0 Å². The van der Waals surface area contributed by atoms with Crippen LogP contribution in [0.3, 0.4) is 0 Å². The quantitative estimate of drug-likeness (QED) is 0.778. The summed E-state index contributed by atoms with van der Waals surface area (Å²) in [6, 6.07) is 4.14. The van der Waals surface area contributed by atoms with Crippen LogP contribution in [-0.2, 0) is 14.8 Å². The van der Waals surface area contributed by atoms with E-state index in [1.54, 1.807) is 0 Å². The molecule has 1 amide bonds. The Kier molecular flexibility index (Phi) is 3.78. The molecule has 5 nitrogen and oxygen atoms in total. The van der Waals surface area contributed by atoms with Crippen molar-refractivity contribution in [3.8, 4) is 5.75 Å². The van der Waals surface area contributed by atoms with Gasteiger partial charge in [0.1, 0.15) is 5.75 Å². The van der Waals surface area contributed by atoms with Crippen LogP contribution in [0.25, 0.3) is 0 Å². The molecule has 0 aliphatic rings. The number of rotatable bonds is 5. The number of amides is 1. The molecule has 8 heteroatoms. The predicted octanol–water partition coefficient (Wildman–Crippen LogP) is 0.633. The average molecular weight is 250 g/mol. The molecule has 0 heterocycles. The van der Waals surface area contributed by atoms with E-state index < -0.39 is 16.6 Å². The zero-order valence-corrected chi connectivity index (χ0v) is 8.50. The minimum absolute atomic E-state index is 0.177. The van der Waals surface area contributed by atoms with E-state index in [0.29, 0.717) is 0 Å². The molecule has 1 aromatic rings. The summed E-state index contributed by atoms with van der Waals surface area (Å²) in [6.07, 6.45) is 1.01. The second kappa shape index (κ2) is 4.88. The zero-order chi connectivity index (χ0) is 12.2. The Balaban J connectivity index is 2.90. The largest absolute Gasteiger partial charge is 0.435 e. The first-order chi connectivity index (χ1) is 7.45. The van der Waals surface area contributed by atoms with Crippen molar-refractivity contribution in [1.29, 1.82) is 0 Å². The summed E-state index contributed by atoms with van der Waals surface area (Å²) in [5.41, 5.74) is 0. The summed E-state index contributed by atoms with van der Waals surface area (Å²) in [4.78, 5) is 9.61. The van der Waals surface area contributed by atoms with Crippen molar-refractivity contribution in [3.63, 3.8) is 0 Å². The van der Waals surface area contributed by atoms with Crippen molar-refractivity contribution >= 4 is 16.4 Å². The summed E-state index contributed by atoms with van der Waals surface area (Å²) in [5.74, 6) is -0.177. The average Bonchev–Trinajstić information content (AvgIpc) is 2.17. The molecule has 0 aliphatic carbocycles. The summed E-state index contributed by atoms with van der Waals surface area (Å²) in [6.45, 7) is -2.98. The van der Waals surface area contributed by atoms with Gasteiger partial charge in [-0.15, -0.1) is 0 Å². The first kappa shape index (κ1) is 12.4. The van der Waals surface area contributed by atoms with Crippen molar-refractivity contribution < 1.29 is 26.7 Å². The molecule has 0 aromatic heterocycles. The maximum absolute atomic E-state index is 11.8. The molecular formula is C8H6F2NO4S. The number of nitrogens with one attached hydrogen (secondary N) is 1. The molecule has 16 heavy (non-hydrogen) atoms. The van der Waals surface area contributed by atoms with E-state index >= 15 is 0 Å². The number of ether oxygens (including phenoxy) is 1. The molecule has 0 fully saturated rings. The van der Waals surface area contributed by atoms with Crippen molar-refractivity contribution in [2.45, 2.75) is 11.5 Å². The molecule has 0 spiro atoms. The molecule has 1 aromatic carbocycles. The lowest BCUT2D eigenvalue weighted by atomic mass is 10.3. The fourth-order valence-electron chi connectivity index (χ4n) is 0.914. The Morgan fingerprint density at radius 1 is 1.25 bits per heavy atom. The van der Waals surface area contributed by atoms with Crippen LogP contribution in [0.15, 0.2) is 29.2 Å². The molecule has 87 valence electrons. The smallest absolute Gasteiger partial charge is 0.387 e. The molecule has 1 rings (SSSR count). The minimum Gasteiger partial charge on any atom is -0.435 e. The third kappa shape index (κ3) is 3.16. The van der Waals surface area contributed by atoms with E-state index in [4.69, 9.17) is 0 Å². The van der Waals surface area contributed by atoms with Crippen LogP contribution in [0.4, 0.5) is 8.78 Å². The first-order valence-corrected chi connectivity index (χ1v) is 5.38. The Morgan fingerprint density at radius 3 is 2.25 bits per heavy atom. The fourth-order valence-corrected chi connectivity index (χ4v) is 1.64. The van der Waals surface area contributed by atoms with E-state index in [9.17, 15) is 22.0 Å². The van der Waals surface area contributed by atoms with Gasteiger partial charge in [-0.2, -0.15) is 8.78 Å². The number of alkyl halides is 2. The van der Waals surface area contributed by atoms with E-state index in [-0.39, 0.29) is 10.6 Å². The van der Waals surface area contributed by atoms with Gasteiger partial charge in [0, 0.05) is 0 Å². The Morgan fingerprint density at radius 2 is 1.81 bits per heavy atom. The SMILES string of the molecule is O=[C]NS(=O)(=O)c1ccc(OC(F)F)cc1. The van der Waals surface area contributed by atoms with Crippen LogP contribution >= 0.6 is 0 Å². The summed E-state index contributed by atoms with van der Waals surface area (Å²) < 4.78 is 51.4. The fraction of sp³-hybridized carbons (Fsp3) is 0.125. The first-order valence-electron chi connectivity index (χ1n) is 3.89. The Bertz CT molecular complexity index is 457. The van der Waals surface area contributed by atoms with E-state index in [1.807, 2.05) is 0 Å². The van der Waals surface area contributed by atoms with Crippen molar-refractivity contribution in [3.05, 3.63) is 24.3 Å². The molecule has 0 saturated heterocycles. The Labute approximate surface area is 90.1 Å². The molecule has 0 bridgehead atoms. The van der Waals surface area contributed by atoms with Gasteiger partial charge in [-0.3, -0.25) is 4.79 Å². The summed E-state index contributed by atoms with van der Waals surface area (Å²) in [7, 11) is -3.97. The van der Waals surface area contributed by atoms with Crippen molar-refractivity contribution in [2.75, 3.05) is 0 Å². The lowest BCUT2D eigenvalue weighted by Gasteiger charge is -2.05. The highest BCUT2D eigenvalue weighted by molar-refractivity contribution is 7.90. The van der Waals surface area contributed by atoms with Crippen LogP contribution in [0.2, 0.25) is 0 Å². The van der Waals surface area contributed by atoms with E-state index in [2.05, 4.69) is 4.74 Å². The number of hydrogen-bond donors (Lipinski definition) is 1. The lowest BCUT2D eigenvalue weighted by molar-refractivity contribution is -0.0498. The number of carbonyl (C=O) groups excluding carboxylic acids is 1. The second-order valence-electron chi connectivity index (χ2n) is 2.56. The maximum Gasteiger partial charge on any atom is 0.387 e. The molecular weight excluding hydrogens is 244 g/mol. The normalized spacial score (nSPS) is 11.2. The monoisotopic (exact) mass is 250 g/mol. The standard InChI is InChI=1S/C8H6F2NO4S/c9-8(10)15-6-1-3-7(4-2-6)16(13,14)11-5-12/h1-4,8H,(H,11,12). The van der Waals surface area contributed by atoms with Gasteiger partial charge >= 0.3 is 13.0 Å². The molecule has 0 aliphatic heterocycles. The van der Waals surface area contributed by atoms with E-state index in [1.165, 1.54) is 4.72 Å². The number of halogens is 2. The predicted molar refractivity (Wildman–Crippen MR) is 49.1 cm³/mol. The summed E-state index contributed by atoms with van der Waals surface area (Å²) >= 11 is 0. The second-order valence-corrected chi connectivity index (χ2v) is 4.24. The molecule has 0 unspecified atom stereocenters. The zero-order valence-electron chi connectivity index (χ0n) is 7.68. The minimum atomic E-state index is -3.97. The van der Waals surface area contributed by atoms with Crippen LogP contribution in [0.5, 0.6) is 5.75 Å². The van der Waals surface area contributed by atoms with Gasteiger partial charge in [0.05, 0.1) is 4.90 Å². The topological polar surface area (TPSA) is 72.5 Å². The van der Waals surface area contributed by atoms with Gasteiger partial charge in [-0.25, -0.2) is 13.1 Å². The highest BCUT2D eigenvalue weighted by Crippen LogP contribution is 2.17. The summed E-state index contributed by atoms with van der Waals surface area (Å²) in [5, 5.41) is 0. The molecule has 1 radical (unpaired) electrons. The van der Waals surface area contributed by atoms with Gasteiger partial charge in [0.25, 0.3) is 10.0 Å². The third-order valence-electron chi connectivity index (χ3n) is 1.54. The Hall–Kier alpha value is -1.70. The maximum atomic E-state index is 11.8. The van der Waals surface area contributed by atoms with Crippen LogP contribution in [0, 0.1) is 0 Å². The van der Waals surface area contributed by atoms with Crippen molar-refractivity contribution in [1.82, 2.24) is 4.72 Å². The van der Waals surface area contributed by atoms with Gasteiger partial charge in [-0.05, 0) is 24.3 Å². The molecule has 0 saturated carbocycles. The van der Waals surface area contributed by atoms with E-state index in [0.717, 1.165) is 30.7 Å². The number of benzene rings is 1. The van der Waals surface area contributed by atoms with Gasteiger partial charge in [0.15, 0.2) is 0 Å². The van der Waals surface area contributed by atoms with Crippen LogP contribution in [0.1, 0.15) is 0 Å². The lowest BCUT2D eigenvalue weighted by Crippen LogP contribution is -2.21. The van der Waals surface area contributed by atoms with Gasteiger partial charge in [0.2, 0.25) is 0 Å². The van der Waals surface area contributed by atoms with Crippen molar-refractivity contribution in [2.24, 2.45) is 0 Å². The number of hydrogen-bond acceptors (Lipinski definition) is 4. The number of sulfonamides is 1. The third-order valence-corrected chi connectivity index (χ3v) is 2.78. The highest BCUT2D eigenvalue weighted by atomic mass is 32.2. The van der Waals surface area contributed by atoms with Crippen LogP contribution in [-0.4, -0.2) is 21.4 Å². The van der Waals surface area contributed by atoms with Gasteiger partial charge < -0.3 is 4.74 Å². The van der Waals surface area contributed by atoms with Crippen LogP contribution < -0.4 is 9.46 Å². The molecule has 1 N–H and O–H groups in total.